The number of ether oxygens (including phenoxy) is 2. The van der Waals surface area contributed by atoms with Crippen molar-refractivity contribution in [1.82, 2.24) is 9.78 Å². The van der Waals surface area contributed by atoms with Gasteiger partial charge in [0.15, 0.2) is 11.5 Å². The van der Waals surface area contributed by atoms with E-state index >= 15 is 0 Å². The first-order valence-electron chi connectivity index (χ1n) is 8.00. The number of nitrogens with zero attached hydrogens (tertiary/aromatic N) is 3. The maximum absolute atomic E-state index is 12.4. The summed E-state index contributed by atoms with van der Waals surface area (Å²) in [6.45, 7) is 0.571. The topological polar surface area (TPSA) is 109 Å². The predicted octanol–water partition coefficient (Wildman–Crippen LogP) is 3.13. The third-order valence-electron chi connectivity index (χ3n) is 3.43. The molecular formula is C16H18F2N4O5. The molecule has 0 saturated heterocycles. The zero-order valence-electron chi connectivity index (χ0n) is 14.6. The number of benzene rings is 1. The van der Waals surface area contributed by atoms with Gasteiger partial charge in [-0.2, -0.15) is 13.9 Å². The van der Waals surface area contributed by atoms with Crippen LogP contribution in [-0.4, -0.2) is 33.8 Å². The summed E-state index contributed by atoms with van der Waals surface area (Å²) >= 11 is 0. The Morgan fingerprint density at radius 2 is 2.15 bits per heavy atom. The van der Waals surface area contributed by atoms with Crippen LogP contribution in [0.3, 0.4) is 0 Å². The number of hydrogen-bond acceptors (Lipinski definition) is 6. The van der Waals surface area contributed by atoms with Crippen LogP contribution >= 0.6 is 0 Å². The molecule has 2 rings (SSSR count). The van der Waals surface area contributed by atoms with Gasteiger partial charge in [0.05, 0.1) is 11.5 Å². The summed E-state index contributed by atoms with van der Waals surface area (Å²) in [5.74, 6) is -0.436. The number of hydrogen-bond donors (Lipinski definition) is 1. The van der Waals surface area contributed by atoms with E-state index in [1.807, 2.05) is 0 Å². The molecule has 0 radical (unpaired) electrons. The number of nitro groups is 1. The summed E-state index contributed by atoms with van der Waals surface area (Å²) in [6, 6.07) is 4.05. The van der Waals surface area contributed by atoms with Crippen LogP contribution in [-0.2, 0) is 11.3 Å². The summed E-state index contributed by atoms with van der Waals surface area (Å²) in [5, 5.41) is 17.4. The molecule has 0 fully saturated rings. The molecule has 1 N–H and O–H groups in total. The molecule has 0 aliphatic rings. The molecule has 27 heavy (non-hydrogen) atoms. The van der Waals surface area contributed by atoms with Gasteiger partial charge in [0, 0.05) is 24.7 Å². The number of rotatable bonds is 9. The minimum atomic E-state index is -2.99. The van der Waals surface area contributed by atoms with Gasteiger partial charge in [0.1, 0.15) is 11.9 Å². The van der Waals surface area contributed by atoms with Gasteiger partial charge in [-0.1, -0.05) is 0 Å². The second-order valence-electron chi connectivity index (χ2n) is 5.39. The molecule has 1 aromatic carbocycles. The lowest BCUT2D eigenvalue weighted by Crippen LogP contribution is -2.15. The predicted molar refractivity (Wildman–Crippen MR) is 91.1 cm³/mol. The van der Waals surface area contributed by atoms with E-state index in [-0.39, 0.29) is 48.4 Å². The molecule has 1 aromatic heterocycles. The van der Waals surface area contributed by atoms with Gasteiger partial charge in [0.2, 0.25) is 5.91 Å². The maximum Gasteiger partial charge on any atom is 0.387 e. The average Bonchev–Trinajstić information content (AvgIpc) is 2.96. The Hall–Kier alpha value is -3.24. The van der Waals surface area contributed by atoms with Crippen LogP contribution in [0.4, 0.5) is 20.2 Å². The zero-order chi connectivity index (χ0) is 20.0. The van der Waals surface area contributed by atoms with Gasteiger partial charge in [-0.3, -0.25) is 19.6 Å². The third kappa shape index (κ3) is 5.62. The first-order valence-corrected chi connectivity index (χ1v) is 8.00. The summed E-state index contributed by atoms with van der Waals surface area (Å²) in [5.41, 5.74) is 0.482. The second kappa shape index (κ2) is 8.92. The van der Waals surface area contributed by atoms with Crippen molar-refractivity contribution in [2.45, 2.75) is 33.4 Å². The monoisotopic (exact) mass is 384 g/mol. The SMILES string of the molecule is CCOc1cc(NC(=O)CCn2cc([N+](=O)[O-])c(C)n2)ccc1OC(F)F. The molecule has 0 aliphatic heterocycles. The number of anilines is 1. The van der Waals surface area contributed by atoms with Crippen molar-refractivity contribution in [1.29, 1.82) is 0 Å². The highest BCUT2D eigenvalue weighted by molar-refractivity contribution is 5.91. The second-order valence-corrected chi connectivity index (χ2v) is 5.39. The third-order valence-corrected chi connectivity index (χ3v) is 3.43. The summed E-state index contributed by atoms with van der Waals surface area (Å²) in [4.78, 5) is 22.3. The Bertz CT molecular complexity index is 825. The normalized spacial score (nSPS) is 10.7. The molecule has 0 aliphatic carbocycles. The molecule has 11 heteroatoms. The van der Waals surface area contributed by atoms with Gasteiger partial charge >= 0.3 is 12.3 Å². The van der Waals surface area contributed by atoms with Crippen LogP contribution in [0.25, 0.3) is 0 Å². The fraction of sp³-hybridized carbons (Fsp3) is 0.375. The highest BCUT2D eigenvalue weighted by atomic mass is 19.3. The Balaban J connectivity index is 1.99. The van der Waals surface area contributed by atoms with Gasteiger partial charge in [0.25, 0.3) is 0 Å². The minimum absolute atomic E-state index is 0.0114. The van der Waals surface area contributed by atoms with E-state index in [9.17, 15) is 23.7 Å². The van der Waals surface area contributed by atoms with Crippen LogP contribution in [0.15, 0.2) is 24.4 Å². The number of amides is 1. The maximum atomic E-state index is 12.4. The van der Waals surface area contributed by atoms with E-state index in [0.29, 0.717) is 5.69 Å². The van der Waals surface area contributed by atoms with Crippen LogP contribution in [0.5, 0.6) is 11.5 Å². The Labute approximate surface area is 153 Å². The number of halogens is 2. The number of carbonyl (C=O) groups is 1. The number of nitrogens with one attached hydrogen (secondary N) is 1. The number of carbonyl (C=O) groups excluding carboxylic acids is 1. The lowest BCUT2D eigenvalue weighted by molar-refractivity contribution is -0.385. The lowest BCUT2D eigenvalue weighted by Gasteiger charge is -2.13. The molecule has 0 atom stereocenters. The van der Waals surface area contributed by atoms with Gasteiger partial charge in [-0.25, -0.2) is 0 Å². The fourth-order valence-corrected chi connectivity index (χ4v) is 2.29. The molecule has 9 nitrogen and oxygen atoms in total. The molecule has 0 bridgehead atoms. The van der Waals surface area contributed by atoms with E-state index in [0.717, 1.165) is 0 Å². The van der Waals surface area contributed by atoms with E-state index in [1.165, 1.54) is 36.0 Å². The van der Waals surface area contributed by atoms with Crippen molar-refractivity contribution >= 4 is 17.3 Å². The molecular weight excluding hydrogens is 366 g/mol. The van der Waals surface area contributed by atoms with Crippen LogP contribution in [0.1, 0.15) is 19.0 Å². The zero-order valence-corrected chi connectivity index (χ0v) is 14.6. The number of aromatic nitrogens is 2. The van der Waals surface area contributed by atoms with E-state index in [2.05, 4.69) is 15.2 Å². The summed E-state index contributed by atoms with van der Waals surface area (Å²) < 4.78 is 35.7. The molecule has 2 aromatic rings. The van der Waals surface area contributed by atoms with Crippen molar-refractivity contribution in [2.75, 3.05) is 11.9 Å². The lowest BCUT2D eigenvalue weighted by atomic mass is 10.2. The largest absolute Gasteiger partial charge is 0.490 e. The quantitative estimate of drug-likeness (QED) is 0.526. The summed E-state index contributed by atoms with van der Waals surface area (Å²) in [6.07, 6.45) is 1.27. The molecule has 0 saturated carbocycles. The highest BCUT2D eigenvalue weighted by Crippen LogP contribution is 2.31. The van der Waals surface area contributed by atoms with Crippen molar-refractivity contribution in [3.05, 3.63) is 40.2 Å². The molecule has 0 spiro atoms. The molecule has 146 valence electrons. The van der Waals surface area contributed by atoms with Crippen molar-refractivity contribution in [3.8, 4) is 11.5 Å². The first kappa shape index (κ1) is 20.1. The van der Waals surface area contributed by atoms with Crippen LogP contribution < -0.4 is 14.8 Å². The summed E-state index contributed by atoms with van der Waals surface area (Å²) in [7, 11) is 0. The average molecular weight is 384 g/mol. The van der Waals surface area contributed by atoms with E-state index in [4.69, 9.17) is 4.74 Å². The Morgan fingerprint density at radius 1 is 1.41 bits per heavy atom. The van der Waals surface area contributed by atoms with Crippen molar-refractivity contribution in [3.63, 3.8) is 0 Å². The first-order chi connectivity index (χ1) is 12.8. The highest BCUT2D eigenvalue weighted by Gasteiger charge is 2.16. The molecule has 1 amide bonds. The smallest absolute Gasteiger partial charge is 0.387 e. The van der Waals surface area contributed by atoms with Crippen LogP contribution in [0.2, 0.25) is 0 Å². The standard InChI is InChI=1S/C16H18F2N4O5/c1-3-26-14-8-11(4-5-13(14)27-16(17)18)19-15(23)6-7-21-9-12(22(24)25)10(2)20-21/h4-5,8-9,16H,3,6-7H2,1-2H3,(H,19,23). The minimum Gasteiger partial charge on any atom is -0.490 e. The van der Waals surface area contributed by atoms with E-state index < -0.39 is 11.5 Å². The van der Waals surface area contributed by atoms with E-state index in [1.54, 1.807) is 6.92 Å². The fourth-order valence-electron chi connectivity index (χ4n) is 2.29. The number of aryl methyl sites for hydroxylation is 2. The van der Waals surface area contributed by atoms with Crippen molar-refractivity contribution < 1.29 is 28.0 Å². The van der Waals surface area contributed by atoms with Crippen LogP contribution in [0, 0.1) is 17.0 Å². The molecule has 1 heterocycles. The molecule has 0 unspecified atom stereocenters. The Kier molecular flexibility index (Phi) is 6.63. The number of alkyl halides is 2. The Morgan fingerprint density at radius 3 is 2.74 bits per heavy atom. The van der Waals surface area contributed by atoms with Gasteiger partial charge < -0.3 is 14.8 Å². The van der Waals surface area contributed by atoms with Crippen molar-refractivity contribution in [2.24, 2.45) is 0 Å². The van der Waals surface area contributed by atoms with Gasteiger partial charge in [-0.05, 0) is 26.0 Å². The van der Waals surface area contributed by atoms with Gasteiger partial charge in [-0.15, -0.1) is 0 Å².